The van der Waals surface area contributed by atoms with Gasteiger partial charge in [-0.25, -0.2) is 0 Å². The van der Waals surface area contributed by atoms with E-state index in [9.17, 15) is 15.2 Å². The summed E-state index contributed by atoms with van der Waals surface area (Å²) in [5, 5.41) is 21.5. The minimum absolute atomic E-state index is 0.0594. The first-order valence-corrected chi connectivity index (χ1v) is 7.62. The highest BCUT2D eigenvalue weighted by atomic mass is 16.3. The number of hydrogen-bond acceptors (Lipinski definition) is 4. The number of nitrogens with zero attached hydrogens (tertiary/aromatic N) is 2. The van der Waals surface area contributed by atoms with Crippen LogP contribution in [0.25, 0.3) is 0 Å². The number of nitrogens with one attached hydrogen (secondary N) is 1. The van der Waals surface area contributed by atoms with E-state index in [2.05, 4.69) is 11.4 Å². The third kappa shape index (κ3) is 3.94. The molecule has 2 N–H and O–H groups in total. The molecule has 2 aliphatic rings. The quantitative estimate of drug-likeness (QED) is 0.788. The summed E-state index contributed by atoms with van der Waals surface area (Å²) < 4.78 is 0. The fourth-order valence-electron chi connectivity index (χ4n) is 3.33. The van der Waals surface area contributed by atoms with Gasteiger partial charge in [0, 0.05) is 6.54 Å². The smallest absolute Gasteiger partial charge is 0.235 e. The molecule has 0 bridgehead atoms. The van der Waals surface area contributed by atoms with Gasteiger partial charge in [-0.1, -0.05) is 19.3 Å². The minimum Gasteiger partial charge on any atom is -0.393 e. The highest BCUT2D eigenvalue weighted by Crippen LogP contribution is 2.28. The van der Waals surface area contributed by atoms with Crippen molar-refractivity contribution >= 4 is 5.91 Å². The van der Waals surface area contributed by atoms with Crippen LogP contribution < -0.4 is 5.32 Å². The molecule has 20 heavy (non-hydrogen) atoms. The van der Waals surface area contributed by atoms with Crippen molar-refractivity contribution in [3.63, 3.8) is 0 Å². The second-order valence-corrected chi connectivity index (χ2v) is 6.49. The fourth-order valence-corrected chi connectivity index (χ4v) is 3.33. The monoisotopic (exact) mass is 279 g/mol. The van der Waals surface area contributed by atoms with Crippen molar-refractivity contribution in [2.45, 2.75) is 56.6 Å². The molecule has 0 aromatic carbocycles. The van der Waals surface area contributed by atoms with Gasteiger partial charge in [0.2, 0.25) is 5.91 Å². The Bertz CT molecular complexity index is 379. The normalized spacial score (nSPS) is 28.5. The Labute approximate surface area is 120 Å². The maximum atomic E-state index is 12.1. The van der Waals surface area contributed by atoms with Crippen LogP contribution in [-0.2, 0) is 4.79 Å². The molecule has 2 rings (SSSR count). The van der Waals surface area contributed by atoms with E-state index < -0.39 is 5.54 Å². The molecule has 0 unspecified atom stereocenters. The van der Waals surface area contributed by atoms with Crippen LogP contribution in [0.1, 0.15) is 44.9 Å². The van der Waals surface area contributed by atoms with Crippen molar-refractivity contribution in [2.24, 2.45) is 5.92 Å². The molecular weight excluding hydrogens is 254 g/mol. The predicted octanol–water partition coefficient (Wildman–Crippen LogP) is 1.03. The Morgan fingerprint density at radius 1 is 1.40 bits per heavy atom. The number of likely N-dealkylation sites (N-methyl/N-ethyl adjacent to an activating group) is 1. The lowest BCUT2D eigenvalue weighted by molar-refractivity contribution is -0.124. The van der Waals surface area contributed by atoms with Crippen molar-refractivity contribution < 1.29 is 9.90 Å². The Morgan fingerprint density at radius 3 is 2.60 bits per heavy atom. The first kappa shape index (κ1) is 15.3. The second kappa shape index (κ2) is 6.55. The Morgan fingerprint density at radius 2 is 2.05 bits per heavy atom. The van der Waals surface area contributed by atoms with E-state index in [0.29, 0.717) is 12.5 Å². The molecule has 0 saturated heterocycles. The largest absolute Gasteiger partial charge is 0.393 e. The maximum Gasteiger partial charge on any atom is 0.235 e. The Hall–Kier alpha value is -1.12. The first-order chi connectivity index (χ1) is 9.53. The fraction of sp³-hybridized carbons (Fsp3) is 0.867. The van der Waals surface area contributed by atoms with Gasteiger partial charge in [0.15, 0.2) is 0 Å². The molecule has 1 amide bonds. The molecule has 112 valence electrons. The van der Waals surface area contributed by atoms with E-state index in [4.69, 9.17) is 0 Å². The van der Waals surface area contributed by atoms with E-state index in [1.54, 1.807) is 0 Å². The second-order valence-electron chi connectivity index (χ2n) is 6.49. The number of carbonyl (C=O) groups excluding carboxylic acids is 1. The minimum atomic E-state index is -0.636. The number of amides is 1. The average Bonchev–Trinajstić information content (AvgIpc) is 2.37. The Balaban J connectivity index is 1.75. The molecule has 5 heteroatoms. The van der Waals surface area contributed by atoms with Gasteiger partial charge in [0.25, 0.3) is 0 Å². The van der Waals surface area contributed by atoms with Crippen LogP contribution in [0.2, 0.25) is 0 Å². The molecule has 0 aromatic heterocycles. The van der Waals surface area contributed by atoms with E-state index in [1.807, 2.05) is 11.9 Å². The molecule has 0 heterocycles. The molecule has 0 aromatic rings. The molecule has 2 aliphatic carbocycles. The summed E-state index contributed by atoms with van der Waals surface area (Å²) in [6.07, 6.45) is 6.27. The summed E-state index contributed by atoms with van der Waals surface area (Å²) >= 11 is 0. The highest BCUT2D eigenvalue weighted by molar-refractivity contribution is 5.79. The molecule has 0 radical (unpaired) electrons. The van der Waals surface area contributed by atoms with Crippen LogP contribution in [0.5, 0.6) is 0 Å². The number of aliphatic hydroxyl groups excluding tert-OH is 1. The van der Waals surface area contributed by atoms with Crippen LogP contribution in [0, 0.1) is 17.2 Å². The molecule has 2 saturated carbocycles. The molecule has 2 fully saturated rings. The number of nitriles is 1. The van der Waals surface area contributed by atoms with Crippen LogP contribution in [0.15, 0.2) is 0 Å². The molecule has 0 spiro atoms. The average molecular weight is 279 g/mol. The van der Waals surface area contributed by atoms with Crippen LogP contribution in [0.3, 0.4) is 0 Å². The zero-order valence-corrected chi connectivity index (χ0v) is 12.3. The molecule has 0 atom stereocenters. The topological polar surface area (TPSA) is 76.4 Å². The number of hydrogen-bond donors (Lipinski definition) is 2. The van der Waals surface area contributed by atoms with E-state index in [0.717, 1.165) is 51.5 Å². The number of rotatable bonds is 5. The van der Waals surface area contributed by atoms with Gasteiger partial charge in [0.05, 0.1) is 18.7 Å². The molecule has 5 nitrogen and oxygen atoms in total. The standard InChI is InChI=1S/C15H25N3O2/c1-18(9-12-7-13(19)8-12)10-14(20)17-15(11-16)5-3-2-4-6-15/h12-13,19H,2-10H2,1H3,(H,17,20). The molecular formula is C15H25N3O2. The van der Waals surface area contributed by atoms with E-state index in [1.165, 1.54) is 0 Å². The zero-order chi connectivity index (χ0) is 14.6. The number of aliphatic hydroxyl groups is 1. The van der Waals surface area contributed by atoms with Gasteiger partial charge in [-0.05, 0) is 38.6 Å². The lowest BCUT2D eigenvalue weighted by Gasteiger charge is -2.35. The van der Waals surface area contributed by atoms with Crippen molar-refractivity contribution in [2.75, 3.05) is 20.1 Å². The SMILES string of the molecule is CN(CC(=O)NC1(C#N)CCCCC1)CC1CC(O)C1. The van der Waals surface area contributed by atoms with Gasteiger partial charge in [-0.15, -0.1) is 0 Å². The lowest BCUT2D eigenvalue weighted by atomic mass is 9.82. The number of carbonyl (C=O) groups is 1. The van der Waals surface area contributed by atoms with Gasteiger partial charge in [-0.2, -0.15) is 5.26 Å². The van der Waals surface area contributed by atoms with Crippen molar-refractivity contribution in [1.29, 1.82) is 5.26 Å². The van der Waals surface area contributed by atoms with Crippen molar-refractivity contribution in [3.05, 3.63) is 0 Å². The summed E-state index contributed by atoms with van der Waals surface area (Å²) in [6, 6.07) is 2.31. The molecule has 0 aliphatic heterocycles. The van der Waals surface area contributed by atoms with Crippen LogP contribution in [0.4, 0.5) is 0 Å². The maximum absolute atomic E-state index is 12.1. The third-order valence-corrected chi connectivity index (χ3v) is 4.49. The summed E-state index contributed by atoms with van der Waals surface area (Å²) in [4.78, 5) is 14.1. The Kier molecular flexibility index (Phi) is 5.00. The summed E-state index contributed by atoms with van der Waals surface area (Å²) in [6.45, 7) is 1.17. The van der Waals surface area contributed by atoms with Crippen LogP contribution in [-0.4, -0.2) is 47.7 Å². The van der Waals surface area contributed by atoms with E-state index >= 15 is 0 Å². The highest BCUT2D eigenvalue weighted by Gasteiger charge is 2.34. The third-order valence-electron chi connectivity index (χ3n) is 4.49. The summed E-state index contributed by atoms with van der Waals surface area (Å²) in [5.74, 6) is 0.443. The van der Waals surface area contributed by atoms with Gasteiger partial charge < -0.3 is 10.4 Å². The van der Waals surface area contributed by atoms with Crippen molar-refractivity contribution in [1.82, 2.24) is 10.2 Å². The summed E-state index contributed by atoms with van der Waals surface area (Å²) in [7, 11) is 1.92. The predicted molar refractivity (Wildman–Crippen MR) is 75.8 cm³/mol. The van der Waals surface area contributed by atoms with Crippen molar-refractivity contribution in [3.8, 4) is 6.07 Å². The van der Waals surface area contributed by atoms with Gasteiger partial charge >= 0.3 is 0 Å². The van der Waals surface area contributed by atoms with Crippen LogP contribution >= 0.6 is 0 Å². The van der Waals surface area contributed by atoms with Gasteiger partial charge in [-0.3, -0.25) is 9.69 Å². The zero-order valence-electron chi connectivity index (χ0n) is 12.3. The van der Waals surface area contributed by atoms with E-state index in [-0.39, 0.29) is 12.0 Å². The summed E-state index contributed by atoms with van der Waals surface area (Å²) in [5.41, 5.74) is -0.636. The lowest BCUT2D eigenvalue weighted by Crippen LogP contribution is -2.51. The first-order valence-electron chi connectivity index (χ1n) is 7.62. The van der Waals surface area contributed by atoms with Gasteiger partial charge in [0.1, 0.15) is 5.54 Å².